The molecule has 0 unspecified atom stereocenters. The molecule has 2 aromatic rings. The van der Waals surface area contributed by atoms with Gasteiger partial charge in [-0.1, -0.05) is 36.7 Å². The Morgan fingerprint density at radius 3 is 2.94 bits per heavy atom. The second kappa shape index (κ2) is 4.84. The van der Waals surface area contributed by atoms with Crippen LogP contribution in [0.5, 0.6) is 0 Å². The zero-order valence-corrected chi connectivity index (χ0v) is 9.31. The van der Waals surface area contributed by atoms with Gasteiger partial charge < -0.3 is 9.62 Å². The van der Waals surface area contributed by atoms with E-state index in [0.29, 0.717) is 0 Å². The number of para-hydroxylation sites is 1. The lowest BCUT2D eigenvalue weighted by atomic mass is 10.1. The number of furan rings is 1. The summed E-state index contributed by atoms with van der Waals surface area (Å²) in [6.07, 6.45) is 4.53. The van der Waals surface area contributed by atoms with Gasteiger partial charge in [-0.15, -0.1) is 0 Å². The quantitative estimate of drug-likeness (QED) is 0.483. The summed E-state index contributed by atoms with van der Waals surface area (Å²) in [5.41, 5.74) is 1.75. The molecule has 0 amide bonds. The number of benzene rings is 1. The van der Waals surface area contributed by atoms with Crippen LogP contribution in [0, 0.1) is 0 Å². The zero-order valence-electron chi connectivity index (χ0n) is 9.31. The number of unbranched alkanes of at least 4 members (excludes halogenated alkanes) is 1. The minimum Gasteiger partial charge on any atom is -0.460 e. The summed E-state index contributed by atoms with van der Waals surface area (Å²) >= 11 is 0. The molecule has 0 bridgehead atoms. The van der Waals surface area contributed by atoms with Crippen molar-refractivity contribution in [1.82, 2.24) is 0 Å². The minimum atomic E-state index is 0.850. The smallest absolute Gasteiger partial charge is 0.134 e. The van der Waals surface area contributed by atoms with E-state index in [2.05, 4.69) is 12.1 Å². The van der Waals surface area contributed by atoms with Gasteiger partial charge in [0.15, 0.2) is 0 Å². The van der Waals surface area contributed by atoms with Crippen LogP contribution in [0.25, 0.3) is 11.0 Å². The Hall–Kier alpha value is -1.77. The largest absolute Gasteiger partial charge is 0.460 e. The van der Waals surface area contributed by atoms with Crippen LogP contribution in [-0.2, 0) is 6.42 Å². The van der Waals surface area contributed by atoms with E-state index in [1.54, 1.807) is 0 Å². The fourth-order valence-corrected chi connectivity index (χ4v) is 1.84. The first-order valence-electron chi connectivity index (χ1n) is 5.54. The van der Waals surface area contributed by atoms with Gasteiger partial charge in [-0.3, -0.25) is 0 Å². The number of aryl methyl sites for hydroxylation is 1. The molecule has 0 atom stereocenters. The molecule has 0 saturated heterocycles. The summed E-state index contributed by atoms with van der Waals surface area (Å²) < 4.78 is 5.75. The molecule has 1 heterocycles. The van der Waals surface area contributed by atoms with Crippen LogP contribution < -0.4 is 0 Å². The molecule has 0 radical (unpaired) electrons. The van der Waals surface area contributed by atoms with Crippen molar-refractivity contribution in [1.29, 1.82) is 0 Å². The summed E-state index contributed by atoms with van der Waals surface area (Å²) in [4.78, 5) is 0. The minimum absolute atomic E-state index is 0.850. The van der Waals surface area contributed by atoms with E-state index in [1.165, 1.54) is 6.21 Å². The van der Waals surface area contributed by atoms with Gasteiger partial charge in [0.25, 0.3) is 0 Å². The van der Waals surface area contributed by atoms with Gasteiger partial charge >= 0.3 is 0 Å². The lowest BCUT2D eigenvalue weighted by Crippen LogP contribution is -1.88. The first kappa shape index (κ1) is 10.7. The molecule has 2 rings (SSSR count). The highest BCUT2D eigenvalue weighted by Gasteiger charge is 2.11. The molecule has 1 aromatic heterocycles. The molecule has 84 valence electrons. The first-order chi connectivity index (χ1) is 7.86. The van der Waals surface area contributed by atoms with E-state index >= 15 is 0 Å². The van der Waals surface area contributed by atoms with Crippen molar-refractivity contribution >= 4 is 17.2 Å². The number of nitrogens with zero attached hydrogens (tertiary/aromatic N) is 1. The van der Waals surface area contributed by atoms with Crippen LogP contribution >= 0.6 is 0 Å². The maximum Gasteiger partial charge on any atom is 0.134 e. The molecule has 1 N–H and O–H groups in total. The molecule has 3 heteroatoms. The SMILES string of the molecule is CCCCc1oc2ccccc2c1/C=N/O. The van der Waals surface area contributed by atoms with Gasteiger partial charge in [0, 0.05) is 17.4 Å². The molecule has 0 spiro atoms. The highest BCUT2D eigenvalue weighted by atomic mass is 16.4. The second-order valence-corrected chi connectivity index (χ2v) is 3.78. The maximum atomic E-state index is 8.68. The van der Waals surface area contributed by atoms with Gasteiger partial charge in [0.1, 0.15) is 11.3 Å². The Balaban J connectivity index is 2.49. The van der Waals surface area contributed by atoms with Crippen molar-refractivity contribution in [2.24, 2.45) is 5.16 Å². The maximum absolute atomic E-state index is 8.68. The molecule has 0 saturated carbocycles. The Bertz CT molecular complexity index is 500. The molecule has 0 aliphatic carbocycles. The predicted molar refractivity (Wildman–Crippen MR) is 64.2 cm³/mol. The lowest BCUT2D eigenvalue weighted by Gasteiger charge is -1.95. The third kappa shape index (κ3) is 1.94. The average Bonchev–Trinajstić information content (AvgIpc) is 2.66. The number of hydrogen-bond donors (Lipinski definition) is 1. The Morgan fingerprint density at radius 2 is 2.19 bits per heavy atom. The Morgan fingerprint density at radius 1 is 1.38 bits per heavy atom. The monoisotopic (exact) mass is 217 g/mol. The lowest BCUT2D eigenvalue weighted by molar-refractivity contribution is 0.321. The predicted octanol–water partition coefficient (Wildman–Crippen LogP) is 3.58. The summed E-state index contributed by atoms with van der Waals surface area (Å²) in [5, 5.41) is 12.8. The zero-order chi connectivity index (χ0) is 11.4. The highest BCUT2D eigenvalue weighted by Crippen LogP contribution is 2.25. The average molecular weight is 217 g/mol. The Kier molecular flexibility index (Phi) is 3.25. The van der Waals surface area contributed by atoms with Crippen LogP contribution in [0.15, 0.2) is 33.8 Å². The van der Waals surface area contributed by atoms with E-state index in [0.717, 1.165) is 41.6 Å². The summed E-state index contributed by atoms with van der Waals surface area (Å²) in [5.74, 6) is 0.904. The normalized spacial score (nSPS) is 11.6. The Labute approximate surface area is 94.4 Å². The van der Waals surface area contributed by atoms with Crippen molar-refractivity contribution in [3.8, 4) is 0 Å². The van der Waals surface area contributed by atoms with E-state index < -0.39 is 0 Å². The molecule has 3 nitrogen and oxygen atoms in total. The third-order valence-electron chi connectivity index (χ3n) is 2.66. The van der Waals surface area contributed by atoms with Crippen LogP contribution in [0.3, 0.4) is 0 Å². The molecule has 0 fully saturated rings. The number of hydrogen-bond acceptors (Lipinski definition) is 3. The van der Waals surface area contributed by atoms with Crippen LogP contribution in [0.2, 0.25) is 0 Å². The van der Waals surface area contributed by atoms with Gasteiger partial charge in [-0.05, 0) is 12.5 Å². The molecular weight excluding hydrogens is 202 g/mol. The number of oxime groups is 1. The fraction of sp³-hybridized carbons (Fsp3) is 0.308. The standard InChI is InChI=1S/C13H15NO2/c1-2-3-7-13-11(9-14-15)10-6-4-5-8-12(10)16-13/h4-6,8-9,15H,2-3,7H2,1H3/b14-9+. The van der Waals surface area contributed by atoms with E-state index in [4.69, 9.17) is 9.62 Å². The van der Waals surface area contributed by atoms with Crippen molar-refractivity contribution in [3.63, 3.8) is 0 Å². The molecule has 16 heavy (non-hydrogen) atoms. The van der Waals surface area contributed by atoms with Crippen LogP contribution in [-0.4, -0.2) is 11.4 Å². The topological polar surface area (TPSA) is 45.7 Å². The van der Waals surface area contributed by atoms with Gasteiger partial charge in [-0.25, -0.2) is 0 Å². The van der Waals surface area contributed by atoms with E-state index in [9.17, 15) is 0 Å². The molecule has 0 aliphatic rings. The van der Waals surface area contributed by atoms with Crippen molar-refractivity contribution in [3.05, 3.63) is 35.6 Å². The summed E-state index contributed by atoms with van der Waals surface area (Å²) in [6, 6.07) is 7.80. The molecule has 1 aromatic carbocycles. The van der Waals surface area contributed by atoms with E-state index in [1.807, 2.05) is 24.3 Å². The number of rotatable bonds is 4. The van der Waals surface area contributed by atoms with Crippen LogP contribution in [0.1, 0.15) is 31.1 Å². The van der Waals surface area contributed by atoms with Crippen molar-refractivity contribution in [2.75, 3.05) is 0 Å². The van der Waals surface area contributed by atoms with Crippen LogP contribution in [0.4, 0.5) is 0 Å². The fourth-order valence-electron chi connectivity index (χ4n) is 1.84. The third-order valence-corrected chi connectivity index (χ3v) is 2.66. The van der Waals surface area contributed by atoms with Crippen molar-refractivity contribution < 1.29 is 9.62 Å². The van der Waals surface area contributed by atoms with Gasteiger partial charge in [0.05, 0.1) is 6.21 Å². The second-order valence-electron chi connectivity index (χ2n) is 3.78. The molecular formula is C13H15NO2. The summed E-state index contributed by atoms with van der Waals surface area (Å²) in [7, 11) is 0. The van der Waals surface area contributed by atoms with Crippen molar-refractivity contribution in [2.45, 2.75) is 26.2 Å². The van der Waals surface area contributed by atoms with Gasteiger partial charge in [-0.2, -0.15) is 0 Å². The van der Waals surface area contributed by atoms with E-state index in [-0.39, 0.29) is 0 Å². The molecule has 0 aliphatic heterocycles. The number of fused-ring (bicyclic) bond motifs is 1. The summed E-state index contributed by atoms with van der Waals surface area (Å²) in [6.45, 7) is 2.14. The van der Waals surface area contributed by atoms with Gasteiger partial charge in [0.2, 0.25) is 0 Å². The first-order valence-corrected chi connectivity index (χ1v) is 5.54. The highest BCUT2D eigenvalue weighted by molar-refractivity contribution is 5.99.